The van der Waals surface area contributed by atoms with E-state index >= 15 is 0 Å². The molecule has 3 nitrogen and oxygen atoms in total. The highest BCUT2D eigenvalue weighted by Gasteiger charge is 2.09. The zero-order valence-electron chi connectivity index (χ0n) is 10.6. The van der Waals surface area contributed by atoms with Crippen molar-refractivity contribution < 1.29 is 0 Å². The average Bonchev–Trinajstić information content (AvgIpc) is 2.30. The van der Waals surface area contributed by atoms with E-state index < -0.39 is 0 Å². The number of nitrogens with one attached hydrogen (secondary N) is 2. The smallest absolute Gasteiger partial charge is 0.0347 e. The lowest BCUT2D eigenvalue weighted by Crippen LogP contribution is -2.32. The summed E-state index contributed by atoms with van der Waals surface area (Å²) in [4.78, 5) is 0. The molecule has 0 radical (unpaired) electrons. The van der Waals surface area contributed by atoms with E-state index in [-0.39, 0.29) is 0 Å². The van der Waals surface area contributed by atoms with E-state index in [9.17, 15) is 0 Å². The van der Waals surface area contributed by atoms with Crippen molar-refractivity contribution in [2.75, 3.05) is 0 Å². The first-order valence-corrected chi connectivity index (χ1v) is 6.19. The predicted octanol–water partition coefficient (Wildman–Crippen LogP) is 2.62. The highest BCUT2D eigenvalue weighted by Crippen LogP contribution is 2.19. The quantitative estimate of drug-likeness (QED) is 0.654. The van der Waals surface area contributed by atoms with Gasteiger partial charge in [0.25, 0.3) is 0 Å². The second-order valence-electron chi connectivity index (χ2n) is 4.84. The summed E-state index contributed by atoms with van der Waals surface area (Å²) < 4.78 is 0. The van der Waals surface area contributed by atoms with E-state index in [4.69, 9.17) is 5.73 Å². The Bertz CT molecular complexity index is 425. The van der Waals surface area contributed by atoms with Gasteiger partial charge in [0.15, 0.2) is 0 Å². The standard InChI is InChI=1S/C14H21N3/c1-10-3-6-13(7-4-10)16-17-14-8-5-12(15)9-11(14)2/h3,6,9,16-17H,4-5,7-8,15H2,1-2H3. The van der Waals surface area contributed by atoms with Crippen molar-refractivity contribution in [1.29, 1.82) is 0 Å². The molecule has 0 aromatic rings. The molecule has 0 saturated carbocycles. The molecule has 2 rings (SSSR count). The molecule has 0 amide bonds. The van der Waals surface area contributed by atoms with Crippen molar-refractivity contribution in [2.24, 2.45) is 5.73 Å². The molecular weight excluding hydrogens is 210 g/mol. The van der Waals surface area contributed by atoms with Crippen LogP contribution in [0.25, 0.3) is 0 Å². The van der Waals surface area contributed by atoms with Crippen molar-refractivity contribution in [1.82, 2.24) is 10.9 Å². The molecule has 17 heavy (non-hydrogen) atoms. The van der Waals surface area contributed by atoms with Crippen LogP contribution in [0.4, 0.5) is 0 Å². The third-order valence-corrected chi connectivity index (χ3v) is 3.27. The van der Waals surface area contributed by atoms with E-state index in [0.717, 1.165) is 31.4 Å². The molecule has 2 aliphatic rings. The summed E-state index contributed by atoms with van der Waals surface area (Å²) in [6.07, 6.45) is 10.5. The SMILES string of the molecule is CC1=CC=C(NNC2=C(C)C=C(N)CC2)CC1. The Hall–Kier alpha value is -1.64. The summed E-state index contributed by atoms with van der Waals surface area (Å²) in [7, 11) is 0. The van der Waals surface area contributed by atoms with Gasteiger partial charge in [-0.2, -0.15) is 0 Å². The van der Waals surface area contributed by atoms with Crippen molar-refractivity contribution in [3.8, 4) is 0 Å². The van der Waals surface area contributed by atoms with Gasteiger partial charge in [-0.1, -0.05) is 11.6 Å². The van der Waals surface area contributed by atoms with Crippen LogP contribution < -0.4 is 16.6 Å². The van der Waals surface area contributed by atoms with Gasteiger partial charge < -0.3 is 16.6 Å². The zero-order chi connectivity index (χ0) is 12.3. The monoisotopic (exact) mass is 231 g/mol. The fourth-order valence-corrected chi connectivity index (χ4v) is 2.07. The summed E-state index contributed by atoms with van der Waals surface area (Å²) in [6.45, 7) is 4.26. The van der Waals surface area contributed by atoms with Crippen LogP contribution in [0, 0.1) is 0 Å². The lowest BCUT2D eigenvalue weighted by molar-refractivity contribution is 0.614. The van der Waals surface area contributed by atoms with Gasteiger partial charge in [0, 0.05) is 17.1 Å². The summed E-state index contributed by atoms with van der Waals surface area (Å²) in [6, 6.07) is 0. The average molecular weight is 231 g/mol. The molecule has 0 aliphatic heterocycles. The van der Waals surface area contributed by atoms with Crippen molar-refractivity contribution in [2.45, 2.75) is 39.5 Å². The van der Waals surface area contributed by atoms with Crippen LogP contribution in [0.1, 0.15) is 39.5 Å². The minimum atomic E-state index is 0.944. The molecule has 0 atom stereocenters. The maximum Gasteiger partial charge on any atom is 0.0347 e. The van der Waals surface area contributed by atoms with E-state index in [2.05, 4.69) is 36.9 Å². The van der Waals surface area contributed by atoms with Crippen LogP contribution in [0.2, 0.25) is 0 Å². The lowest BCUT2D eigenvalue weighted by Gasteiger charge is -2.21. The maximum atomic E-state index is 5.80. The second kappa shape index (κ2) is 5.13. The molecule has 0 spiro atoms. The molecule has 92 valence electrons. The van der Waals surface area contributed by atoms with Gasteiger partial charge in [0.05, 0.1) is 0 Å². The van der Waals surface area contributed by atoms with E-state index in [1.807, 2.05) is 6.08 Å². The van der Waals surface area contributed by atoms with Crippen molar-refractivity contribution in [3.63, 3.8) is 0 Å². The Morgan fingerprint density at radius 1 is 1.00 bits per heavy atom. The lowest BCUT2D eigenvalue weighted by atomic mass is 10.0. The second-order valence-corrected chi connectivity index (χ2v) is 4.84. The molecule has 3 heteroatoms. The number of hydrogen-bond acceptors (Lipinski definition) is 3. The molecule has 2 aliphatic carbocycles. The minimum absolute atomic E-state index is 0.944. The third kappa shape index (κ3) is 3.16. The Labute approximate surface area is 103 Å². The number of nitrogens with two attached hydrogens (primary N) is 1. The maximum absolute atomic E-state index is 5.80. The Balaban J connectivity index is 1.93. The molecule has 0 aromatic carbocycles. The van der Waals surface area contributed by atoms with Gasteiger partial charge in [0.1, 0.15) is 0 Å². The van der Waals surface area contributed by atoms with Crippen LogP contribution in [0.5, 0.6) is 0 Å². The van der Waals surface area contributed by atoms with Gasteiger partial charge in [0.2, 0.25) is 0 Å². The van der Waals surface area contributed by atoms with Gasteiger partial charge in [-0.05, 0) is 57.3 Å². The van der Waals surface area contributed by atoms with E-state index in [1.165, 1.54) is 22.5 Å². The van der Waals surface area contributed by atoms with Crippen LogP contribution in [-0.2, 0) is 0 Å². The molecule has 0 aromatic heterocycles. The molecule has 0 heterocycles. The summed E-state index contributed by atoms with van der Waals surface area (Å²) in [5.74, 6) is 0. The van der Waals surface area contributed by atoms with Crippen LogP contribution in [0.3, 0.4) is 0 Å². The van der Waals surface area contributed by atoms with Gasteiger partial charge in [-0.3, -0.25) is 0 Å². The molecular formula is C14H21N3. The molecule has 0 unspecified atom stereocenters. The Morgan fingerprint density at radius 3 is 2.47 bits per heavy atom. The highest BCUT2D eigenvalue weighted by molar-refractivity contribution is 5.30. The van der Waals surface area contributed by atoms with Gasteiger partial charge in [-0.25, -0.2) is 0 Å². The summed E-state index contributed by atoms with van der Waals surface area (Å²) in [5.41, 5.74) is 18.5. The van der Waals surface area contributed by atoms with Gasteiger partial charge in [-0.15, -0.1) is 0 Å². The first-order chi connectivity index (χ1) is 8.15. The predicted molar refractivity (Wildman–Crippen MR) is 71.5 cm³/mol. The first-order valence-electron chi connectivity index (χ1n) is 6.19. The fourth-order valence-electron chi connectivity index (χ4n) is 2.07. The van der Waals surface area contributed by atoms with Crippen LogP contribution in [-0.4, -0.2) is 0 Å². The number of hydrazine groups is 1. The van der Waals surface area contributed by atoms with Crippen molar-refractivity contribution >= 4 is 0 Å². The molecule has 0 bridgehead atoms. The Kier molecular flexibility index (Phi) is 3.57. The largest absolute Gasteiger partial charge is 0.402 e. The van der Waals surface area contributed by atoms with Crippen LogP contribution >= 0.6 is 0 Å². The fraction of sp³-hybridized carbons (Fsp3) is 0.429. The topological polar surface area (TPSA) is 50.1 Å². The molecule has 0 fully saturated rings. The molecule has 4 N–H and O–H groups in total. The van der Waals surface area contributed by atoms with Gasteiger partial charge >= 0.3 is 0 Å². The normalized spacial score (nSPS) is 20.5. The Morgan fingerprint density at radius 2 is 1.82 bits per heavy atom. The number of rotatable bonds is 3. The van der Waals surface area contributed by atoms with E-state index in [0.29, 0.717) is 0 Å². The third-order valence-electron chi connectivity index (χ3n) is 3.27. The zero-order valence-corrected chi connectivity index (χ0v) is 10.6. The van der Waals surface area contributed by atoms with E-state index in [1.54, 1.807) is 0 Å². The first kappa shape index (κ1) is 11.8. The highest BCUT2D eigenvalue weighted by atomic mass is 15.4. The minimum Gasteiger partial charge on any atom is -0.402 e. The number of hydrogen-bond donors (Lipinski definition) is 3. The summed E-state index contributed by atoms with van der Waals surface area (Å²) in [5, 5.41) is 0. The summed E-state index contributed by atoms with van der Waals surface area (Å²) >= 11 is 0. The van der Waals surface area contributed by atoms with Crippen molar-refractivity contribution in [3.05, 3.63) is 46.5 Å². The molecule has 0 saturated heterocycles. The van der Waals surface area contributed by atoms with Crippen LogP contribution in [0.15, 0.2) is 46.5 Å². The number of allylic oxidation sites excluding steroid dienone is 8.